The van der Waals surface area contributed by atoms with Gasteiger partial charge in [0.15, 0.2) is 0 Å². The van der Waals surface area contributed by atoms with Gasteiger partial charge in [-0.15, -0.1) is 0 Å². The van der Waals surface area contributed by atoms with E-state index in [1.54, 1.807) is 19.1 Å². The maximum atomic E-state index is 11.4. The standard InChI is InChI=1S/C12H19NO3/c1-9-5-6-10(16-9)12(2,11(14)15)7-8-13(3)4/h5-6H,7-8H2,1-4H3,(H,14,15). The van der Waals surface area contributed by atoms with Gasteiger partial charge in [0, 0.05) is 0 Å². The third kappa shape index (κ3) is 2.64. The van der Waals surface area contributed by atoms with Gasteiger partial charge in [-0.3, -0.25) is 4.79 Å². The van der Waals surface area contributed by atoms with Gasteiger partial charge in [-0.25, -0.2) is 0 Å². The largest absolute Gasteiger partial charge is 0.480 e. The van der Waals surface area contributed by atoms with Crippen molar-refractivity contribution in [2.45, 2.75) is 25.7 Å². The molecule has 1 unspecified atom stereocenters. The second-order valence-corrected chi connectivity index (χ2v) is 4.60. The van der Waals surface area contributed by atoms with Crippen molar-refractivity contribution < 1.29 is 14.3 Å². The third-order valence-corrected chi connectivity index (χ3v) is 2.82. The Hall–Kier alpha value is -1.29. The lowest BCUT2D eigenvalue weighted by Crippen LogP contribution is -2.35. The number of furan rings is 1. The fraction of sp³-hybridized carbons (Fsp3) is 0.583. The molecule has 0 fully saturated rings. The molecule has 0 saturated heterocycles. The quantitative estimate of drug-likeness (QED) is 0.831. The summed E-state index contributed by atoms with van der Waals surface area (Å²) in [5.41, 5.74) is -0.946. The predicted octanol–water partition coefficient (Wildman–Crippen LogP) is 1.88. The van der Waals surface area contributed by atoms with Crippen LogP contribution in [0.5, 0.6) is 0 Å². The fourth-order valence-electron chi connectivity index (χ4n) is 1.51. The molecule has 16 heavy (non-hydrogen) atoms. The Kier molecular flexibility index (Phi) is 3.75. The molecule has 1 aromatic rings. The maximum Gasteiger partial charge on any atom is 0.317 e. The van der Waals surface area contributed by atoms with Crippen LogP contribution in [0.25, 0.3) is 0 Å². The summed E-state index contributed by atoms with van der Waals surface area (Å²) < 4.78 is 5.44. The lowest BCUT2D eigenvalue weighted by Gasteiger charge is -2.24. The summed E-state index contributed by atoms with van der Waals surface area (Å²) in [5, 5.41) is 9.33. The van der Waals surface area contributed by atoms with E-state index in [2.05, 4.69) is 0 Å². The fourth-order valence-corrected chi connectivity index (χ4v) is 1.51. The highest BCUT2D eigenvalue weighted by Crippen LogP contribution is 2.29. The summed E-state index contributed by atoms with van der Waals surface area (Å²) in [5.74, 6) is 0.426. The molecule has 1 N–H and O–H groups in total. The van der Waals surface area contributed by atoms with Gasteiger partial charge in [-0.2, -0.15) is 0 Å². The Balaban J connectivity index is 2.92. The molecular formula is C12H19NO3. The van der Waals surface area contributed by atoms with E-state index < -0.39 is 11.4 Å². The Morgan fingerprint density at radius 2 is 2.12 bits per heavy atom. The Morgan fingerprint density at radius 3 is 2.50 bits per heavy atom. The normalized spacial score (nSPS) is 15.1. The lowest BCUT2D eigenvalue weighted by atomic mass is 9.84. The van der Waals surface area contributed by atoms with Gasteiger partial charge in [-0.05, 0) is 53.0 Å². The van der Waals surface area contributed by atoms with E-state index in [-0.39, 0.29) is 0 Å². The average Bonchev–Trinajstić information content (AvgIpc) is 2.61. The first-order chi connectivity index (χ1) is 7.36. The first kappa shape index (κ1) is 12.8. The number of nitrogens with zero attached hydrogens (tertiary/aromatic N) is 1. The Morgan fingerprint density at radius 1 is 1.50 bits per heavy atom. The lowest BCUT2D eigenvalue weighted by molar-refractivity contribution is -0.144. The topological polar surface area (TPSA) is 53.7 Å². The van der Waals surface area contributed by atoms with Gasteiger partial charge in [0.1, 0.15) is 16.9 Å². The van der Waals surface area contributed by atoms with Gasteiger partial charge in [0.05, 0.1) is 0 Å². The van der Waals surface area contributed by atoms with Crippen molar-refractivity contribution in [3.63, 3.8) is 0 Å². The second kappa shape index (κ2) is 4.70. The number of hydrogen-bond acceptors (Lipinski definition) is 3. The van der Waals surface area contributed by atoms with Crippen molar-refractivity contribution in [1.29, 1.82) is 0 Å². The zero-order valence-corrected chi connectivity index (χ0v) is 10.3. The highest BCUT2D eigenvalue weighted by Gasteiger charge is 2.37. The van der Waals surface area contributed by atoms with Gasteiger partial charge in [0.25, 0.3) is 0 Å². The summed E-state index contributed by atoms with van der Waals surface area (Å²) in [6.45, 7) is 4.23. The van der Waals surface area contributed by atoms with Crippen LogP contribution < -0.4 is 0 Å². The Bertz CT molecular complexity index is 370. The summed E-state index contributed by atoms with van der Waals surface area (Å²) in [6.07, 6.45) is 0.530. The van der Waals surface area contributed by atoms with Crippen LogP contribution in [0.3, 0.4) is 0 Å². The summed E-state index contributed by atoms with van der Waals surface area (Å²) in [6, 6.07) is 3.55. The molecule has 0 bridgehead atoms. The van der Waals surface area contributed by atoms with Crippen LogP contribution in [-0.4, -0.2) is 36.6 Å². The molecule has 4 heteroatoms. The monoisotopic (exact) mass is 225 g/mol. The van der Waals surface area contributed by atoms with E-state index >= 15 is 0 Å². The summed E-state index contributed by atoms with van der Waals surface area (Å²) >= 11 is 0. The minimum absolute atomic E-state index is 0.527. The smallest absolute Gasteiger partial charge is 0.317 e. The summed E-state index contributed by atoms with van der Waals surface area (Å²) in [4.78, 5) is 13.3. The van der Waals surface area contributed by atoms with Crippen LogP contribution in [0, 0.1) is 6.92 Å². The molecule has 4 nitrogen and oxygen atoms in total. The molecular weight excluding hydrogens is 206 g/mol. The molecule has 0 aliphatic carbocycles. The molecule has 90 valence electrons. The first-order valence-electron chi connectivity index (χ1n) is 5.31. The van der Waals surface area contributed by atoms with Crippen LogP contribution >= 0.6 is 0 Å². The number of rotatable bonds is 5. The Labute approximate surface area is 95.9 Å². The number of aryl methyl sites for hydroxylation is 1. The molecule has 1 rings (SSSR count). The SMILES string of the molecule is Cc1ccc(C(C)(CCN(C)C)C(=O)O)o1. The van der Waals surface area contributed by atoms with Crippen LogP contribution in [-0.2, 0) is 10.2 Å². The molecule has 0 aliphatic heterocycles. The molecule has 0 amide bonds. The minimum Gasteiger partial charge on any atom is -0.480 e. The summed E-state index contributed by atoms with van der Waals surface area (Å²) in [7, 11) is 3.85. The van der Waals surface area contributed by atoms with Crippen LogP contribution in [0.4, 0.5) is 0 Å². The predicted molar refractivity (Wildman–Crippen MR) is 61.6 cm³/mol. The number of carbonyl (C=O) groups is 1. The number of carboxylic acid groups (broad SMARTS) is 1. The number of aliphatic carboxylic acids is 1. The molecule has 0 spiro atoms. The zero-order chi connectivity index (χ0) is 12.3. The first-order valence-corrected chi connectivity index (χ1v) is 5.31. The van der Waals surface area contributed by atoms with Gasteiger partial charge in [-0.1, -0.05) is 0 Å². The number of carboxylic acids is 1. The molecule has 1 atom stereocenters. The van der Waals surface area contributed by atoms with E-state index in [0.29, 0.717) is 18.7 Å². The molecule has 1 heterocycles. The van der Waals surface area contributed by atoms with Crippen LogP contribution in [0.15, 0.2) is 16.5 Å². The van der Waals surface area contributed by atoms with Gasteiger partial charge < -0.3 is 14.4 Å². The molecule has 0 aromatic carbocycles. The van der Waals surface area contributed by atoms with Crippen LogP contribution in [0.1, 0.15) is 24.9 Å². The minimum atomic E-state index is -0.946. The van der Waals surface area contributed by atoms with Gasteiger partial charge >= 0.3 is 5.97 Å². The van der Waals surface area contributed by atoms with E-state index in [1.165, 1.54) is 0 Å². The molecule has 0 saturated carbocycles. The molecule has 1 aromatic heterocycles. The van der Waals surface area contributed by atoms with Crippen molar-refractivity contribution >= 4 is 5.97 Å². The zero-order valence-electron chi connectivity index (χ0n) is 10.3. The van der Waals surface area contributed by atoms with Crippen molar-refractivity contribution in [3.05, 3.63) is 23.7 Å². The van der Waals surface area contributed by atoms with Crippen LogP contribution in [0.2, 0.25) is 0 Å². The van der Waals surface area contributed by atoms with E-state index in [4.69, 9.17) is 4.42 Å². The highest BCUT2D eigenvalue weighted by atomic mass is 16.4. The number of hydrogen-bond donors (Lipinski definition) is 1. The van der Waals surface area contributed by atoms with Crippen molar-refractivity contribution in [2.24, 2.45) is 0 Å². The molecule has 0 aliphatic rings. The van der Waals surface area contributed by atoms with E-state index in [1.807, 2.05) is 25.9 Å². The van der Waals surface area contributed by atoms with E-state index in [9.17, 15) is 9.90 Å². The molecule has 0 radical (unpaired) electrons. The second-order valence-electron chi connectivity index (χ2n) is 4.60. The average molecular weight is 225 g/mol. The van der Waals surface area contributed by atoms with E-state index in [0.717, 1.165) is 5.76 Å². The van der Waals surface area contributed by atoms with Crippen molar-refractivity contribution in [3.8, 4) is 0 Å². The third-order valence-electron chi connectivity index (χ3n) is 2.82. The highest BCUT2D eigenvalue weighted by molar-refractivity contribution is 5.79. The maximum absolute atomic E-state index is 11.4. The van der Waals surface area contributed by atoms with Crippen molar-refractivity contribution in [2.75, 3.05) is 20.6 Å². The van der Waals surface area contributed by atoms with Crippen molar-refractivity contribution in [1.82, 2.24) is 4.90 Å². The van der Waals surface area contributed by atoms with Gasteiger partial charge in [0.2, 0.25) is 0 Å².